The van der Waals surface area contributed by atoms with Crippen molar-refractivity contribution in [3.8, 4) is 0 Å². The van der Waals surface area contributed by atoms with Crippen molar-refractivity contribution in [1.82, 2.24) is 9.97 Å². The Hall–Kier alpha value is -0.755. The number of halogens is 1. The highest BCUT2D eigenvalue weighted by atomic mass is 35.5. The lowest BCUT2D eigenvalue weighted by Gasteiger charge is -2.32. The van der Waals surface area contributed by atoms with Crippen molar-refractivity contribution in [1.29, 1.82) is 0 Å². The lowest BCUT2D eigenvalue weighted by atomic mass is 9.78. The predicted molar refractivity (Wildman–Crippen MR) is 89.4 cm³/mol. The summed E-state index contributed by atoms with van der Waals surface area (Å²) >= 11 is 10.1. The van der Waals surface area contributed by atoms with E-state index < -0.39 is 18.3 Å². The third-order valence-electron chi connectivity index (χ3n) is 3.86. The van der Waals surface area contributed by atoms with Gasteiger partial charge in [-0.2, -0.15) is 12.6 Å². The van der Waals surface area contributed by atoms with E-state index in [0.717, 1.165) is 5.47 Å². The zero-order chi connectivity index (χ0) is 15.8. The Balaban J connectivity index is 2.31. The molecular weight excluding hydrogens is 308 g/mol. The number of thiol groups is 1. The minimum Gasteiger partial charge on any atom is -0.400 e. The minimum atomic E-state index is -0.482. The number of aromatic nitrogens is 2. The molecule has 0 spiro atoms. The zero-order valence-electron chi connectivity index (χ0n) is 12.6. The summed E-state index contributed by atoms with van der Waals surface area (Å²) < 4.78 is 12.0. The van der Waals surface area contributed by atoms with Crippen LogP contribution in [0.5, 0.6) is 0 Å². The number of nitrogens with two attached hydrogens (primary N) is 1. The number of hydrogen-bond acceptors (Lipinski definition) is 6. The molecule has 114 valence electrons. The van der Waals surface area contributed by atoms with Crippen molar-refractivity contribution in [3.05, 3.63) is 22.5 Å². The summed E-state index contributed by atoms with van der Waals surface area (Å²) in [5.41, 5.74) is 6.37. The standard InChI is InChI=1S/C13H19BClN3O2S/c1-12(2)13(3,4)20-14(19-12)8(7-21)5-9-11(16)18-10(15)6-17-9/h5-6,21H,7H2,1-4H3,(H2,16,18). The summed E-state index contributed by atoms with van der Waals surface area (Å²) in [6.07, 6.45) is 3.23. The summed E-state index contributed by atoms with van der Waals surface area (Å²) in [7, 11) is -0.482. The molecule has 1 aliphatic rings. The van der Waals surface area contributed by atoms with Crippen LogP contribution < -0.4 is 5.73 Å². The van der Waals surface area contributed by atoms with Crippen molar-refractivity contribution in [2.45, 2.75) is 38.9 Å². The fourth-order valence-electron chi connectivity index (χ4n) is 1.86. The number of rotatable bonds is 3. The summed E-state index contributed by atoms with van der Waals surface area (Å²) in [5, 5.41) is 0.257. The highest BCUT2D eigenvalue weighted by Crippen LogP contribution is 2.39. The molecule has 1 aromatic rings. The highest BCUT2D eigenvalue weighted by Gasteiger charge is 2.52. The van der Waals surface area contributed by atoms with Crippen molar-refractivity contribution < 1.29 is 9.31 Å². The topological polar surface area (TPSA) is 70.3 Å². The maximum atomic E-state index is 6.00. The van der Waals surface area contributed by atoms with Crippen LogP contribution in [0.2, 0.25) is 5.15 Å². The van der Waals surface area contributed by atoms with E-state index in [4.69, 9.17) is 26.6 Å². The van der Waals surface area contributed by atoms with Crippen LogP contribution in [0.1, 0.15) is 33.4 Å². The molecule has 0 bridgehead atoms. The molecule has 8 heteroatoms. The smallest absolute Gasteiger partial charge is 0.400 e. The molecule has 2 heterocycles. The third-order valence-corrected chi connectivity index (χ3v) is 4.41. The van der Waals surface area contributed by atoms with E-state index >= 15 is 0 Å². The molecule has 1 fully saturated rings. The molecule has 21 heavy (non-hydrogen) atoms. The monoisotopic (exact) mass is 327 g/mol. The molecule has 1 aliphatic heterocycles. The largest absolute Gasteiger partial charge is 0.491 e. The second kappa shape index (κ2) is 5.80. The Kier molecular flexibility index (Phi) is 4.59. The minimum absolute atomic E-state index is 0.257. The van der Waals surface area contributed by atoms with Gasteiger partial charge in [-0.1, -0.05) is 11.6 Å². The first-order chi connectivity index (χ1) is 9.66. The van der Waals surface area contributed by atoms with E-state index in [1.165, 1.54) is 6.20 Å². The average molecular weight is 328 g/mol. The van der Waals surface area contributed by atoms with Gasteiger partial charge in [0.2, 0.25) is 0 Å². The van der Waals surface area contributed by atoms with Crippen LogP contribution in [0.3, 0.4) is 0 Å². The molecule has 0 radical (unpaired) electrons. The van der Waals surface area contributed by atoms with E-state index in [1.54, 1.807) is 6.08 Å². The average Bonchev–Trinajstić information content (AvgIpc) is 2.57. The Bertz CT molecular complexity index is 565. The van der Waals surface area contributed by atoms with Crippen LogP contribution in [0.4, 0.5) is 5.82 Å². The molecule has 1 saturated heterocycles. The zero-order valence-corrected chi connectivity index (χ0v) is 14.2. The lowest BCUT2D eigenvalue weighted by molar-refractivity contribution is 0.00578. The van der Waals surface area contributed by atoms with Crippen LogP contribution in [0.25, 0.3) is 6.08 Å². The van der Waals surface area contributed by atoms with Crippen molar-refractivity contribution in [2.24, 2.45) is 0 Å². The fourth-order valence-corrected chi connectivity index (χ4v) is 2.24. The molecule has 2 N–H and O–H groups in total. The number of hydrogen-bond donors (Lipinski definition) is 2. The van der Waals surface area contributed by atoms with Gasteiger partial charge in [-0.05, 0) is 39.2 Å². The summed E-state index contributed by atoms with van der Waals surface area (Å²) in [4.78, 5) is 8.14. The number of nitrogen functional groups attached to an aromatic ring is 1. The van der Waals surface area contributed by atoms with Gasteiger partial charge >= 0.3 is 7.12 Å². The first-order valence-electron chi connectivity index (χ1n) is 6.61. The summed E-state index contributed by atoms with van der Waals surface area (Å²) in [5.74, 6) is 0.721. The van der Waals surface area contributed by atoms with Crippen LogP contribution in [-0.2, 0) is 9.31 Å². The second-order valence-corrected chi connectivity index (χ2v) is 6.63. The van der Waals surface area contributed by atoms with Gasteiger partial charge < -0.3 is 15.0 Å². The maximum absolute atomic E-state index is 6.00. The molecule has 5 nitrogen and oxygen atoms in total. The fraction of sp³-hybridized carbons (Fsp3) is 0.538. The number of anilines is 1. The molecule has 2 rings (SSSR count). The Morgan fingerprint density at radius 1 is 1.38 bits per heavy atom. The molecule has 0 saturated carbocycles. The lowest BCUT2D eigenvalue weighted by Crippen LogP contribution is -2.41. The molecule has 0 aliphatic carbocycles. The first kappa shape index (κ1) is 16.6. The van der Waals surface area contributed by atoms with E-state index in [2.05, 4.69) is 22.6 Å². The quantitative estimate of drug-likeness (QED) is 0.660. The van der Waals surface area contributed by atoms with Gasteiger partial charge in [0.05, 0.1) is 17.4 Å². The van der Waals surface area contributed by atoms with Crippen molar-refractivity contribution in [3.63, 3.8) is 0 Å². The van der Waals surface area contributed by atoms with Gasteiger partial charge in [0.25, 0.3) is 0 Å². The third kappa shape index (κ3) is 3.36. The van der Waals surface area contributed by atoms with Crippen molar-refractivity contribution in [2.75, 3.05) is 11.5 Å². The van der Waals surface area contributed by atoms with E-state index in [1.807, 2.05) is 27.7 Å². The number of nitrogens with zero attached hydrogens (tertiary/aromatic N) is 2. The van der Waals surface area contributed by atoms with Gasteiger partial charge in [0.15, 0.2) is 5.82 Å². The van der Waals surface area contributed by atoms with Gasteiger partial charge in [0, 0.05) is 5.75 Å². The Labute approximate surface area is 135 Å². The molecule has 0 unspecified atom stereocenters. The van der Waals surface area contributed by atoms with Crippen molar-refractivity contribution >= 4 is 43.2 Å². The van der Waals surface area contributed by atoms with Gasteiger partial charge in [-0.15, -0.1) is 0 Å². The summed E-state index contributed by atoms with van der Waals surface area (Å²) in [6.45, 7) is 8.00. The Morgan fingerprint density at radius 2 is 1.95 bits per heavy atom. The molecule has 0 aromatic carbocycles. The molecule has 1 aromatic heterocycles. The maximum Gasteiger partial charge on any atom is 0.491 e. The first-order valence-corrected chi connectivity index (χ1v) is 7.62. The SMILES string of the molecule is CC1(C)OB(C(=Cc2ncc(Cl)nc2N)CS)OC1(C)C. The van der Waals surface area contributed by atoms with Crippen LogP contribution >= 0.6 is 24.2 Å². The van der Waals surface area contributed by atoms with Gasteiger partial charge in [0.1, 0.15) is 10.8 Å². The van der Waals surface area contributed by atoms with Gasteiger partial charge in [-0.25, -0.2) is 9.97 Å². The van der Waals surface area contributed by atoms with E-state index in [0.29, 0.717) is 11.4 Å². The molecular formula is C13H19BClN3O2S. The van der Waals surface area contributed by atoms with E-state index in [9.17, 15) is 0 Å². The van der Waals surface area contributed by atoms with Crippen LogP contribution in [0, 0.1) is 0 Å². The second-order valence-electron chi connectivity index (χ2n) is 5.93. The van der Waals surface area contributed by atoms with E-state index in [-0.39, 0.29) is 11.0 Å². The summed E-state index contributed by atoms with van der Waals surface area (Å²) in [6, 6.07) is 0. The Morgan fingerprint density at radius 3 is 2.43 bits per heavy atom. The van der Waals surface area contributed by atoms with Crippen LogP contribution in [0.15, 0.2) is 11.7 Å². The van der Waals surface area contributed by atoms with Gasteiger partial charge in [-0.3, -0.25) is 0 Å². The predicted octanol–water partition coefficient (Wildman–Crippen LogP) is 2.66. The molecule has 0 amide bonds. The normalized spacial score (nSPS) is 20.9. The molecule has 0 atom stereocenters. The van der Waals surface area contributed by atoms with Crippen LogP contribution in [-0.4, -0.2) is 34.0 Å². The highest BCUT2D eigenvalue weighted by molar-refractivity contribution is 7.80.